The number of carbonyl (C=O) groups excluding carboxylic acids is 1. The summed E-state index contributed by atoms with van der Waals surface area (Å²) >= 11 is 0. The van der Waals surface area contributed by atoms with Crippen LogP contribution in [-0.2, 0) is 0 Å². The van der Waals surface area contributed by atoms with Crippen LogP contribution in [0.1, 0.15) is 10.4 Å². The molecule has 0 amide bonds. The number of Topliss-reactive ketones (excluding diaryl/α,β-unsaturated/α-hetero) is 1. The van der Waals surface area contributed by atoms with Gasteiger partial charge in [-0.15, -0.1) is 0 Å². The van der Waals surface area contributed by atoms with E-state index >= 15 is 0 Å². The van der Waals surface area contributed by atoms with Crippen molar-refractivity contribution in [1.29, 1.82) is 0 Å². The predicted molar refractivity (Wildman–Crippen MR) is 67.0 cm³/mol. The van der Waals surface area contributed by atoms with Crippen LogP contribution in [0.25, 0.3) is 0 Å². The first-order valence-corrected chi connectivity index (χ1v) is 6.03. The molecule has 20 heavy (non-hydrogen) atoms. The van der Waals surface area contributed by atoms with Crippen LogP contribution in [0.5, 0.6) is 11.5 Å². The van der Waals surface area contributed by atoms with Gasteiger partial charge in [0, 0.05) is 0 Å². The van der Waals surface area contributed by atoms with Crippen LogP contribution in [-0.4, -0.2) is 18.5 Å². The number of ether oxygens (including phenoxy) is 2. The average molecular weight is 276 g/mol. The third kappa shape index (κ3) is 2.11. The number of hydrogen-bond acceptors (Lipinski definition) is 3. The molecule has 3 rings (SSSR count). The van der Waals surface area contributed by atoms with Gasteiger partial charge in [0.1, 0.15) is 6.61 Å². The van der Waals surface area contributed by atoms with Crippen LogP contribution < -0.4 is 9.47 Å². The number of para-hydroxylation sites is 2. The largest absolute Gasteiger partial charge is 0.485 e. The Bertz CT molecular complexity index is 670. The van der Waals surface area contributed by atoms with E-state index in [1.165, 1.54) is 12.1 Å². The van der Waals surface area contributed by atoms with Gasteiger partial charge in [0.25, 0.3) is 0 Å². The Morgan fingerprint density at radius 1 is 1.05 bits per heavy atom. The lowest BCUT2D eigenvalue weighted by molar-refractivity contribution is 0.0581. The van der Waals surface area contributed by atoms with Crippen LogP contribution in [0.2, 0.25) is 0 Å². The molecule has 0 aromatic heterocycles. The zero-order chi connectivity index (χ0) is 14.1. The van der Waals surface area contributed by atoms with Gasteiger partial charge < -0.3 is 9.47 Å². The lowest BCUT2D eigenvalue weighted by Gasteiger charge is -2.25. The molecular weight excluding hydrogens is 266 g/mol. The highest BCUT2D eigenvalue weighted by atomic mass is 19.2. The summed E-state index contributed by atoms with van der Waals surface area (Å²) in [5.41, 5.74) is -0.335. The Kier molecular flexibility index (Phi) is 3.10. The van der Waals surface area contributed by atoms with E-state index in [0.29, 0.717) is 11.5 Å². The molecule has 0 fully saturated rings. The Morgan fingerprint density at radius 3 is 2.60 bits per heavy atom. The number of ketones is 1. The van der Waals surface area contributed by atoms with Crippen molar-refractivity contribution in [3.63, 3.8) is 0 Å². The van der Waals surface area contributed by atoms with Crippen molar-refractivity contribution in [2.75, 3.05) is 6.61 Å². The van der Waals surface area contributed by atoms with Gasteiger partial charge in [-0.2, -0.15) is 0 Å². The number of hydrogen-bond donors (Lipinski definition) is 0. The second-order valence-corrected chi connectivity index (χ2v) is 4.33. The molecular formula is C15H10F2O3. The Labute approximate surface area is 113 Å². The van der Waals surface area contributed by atoms with Gasteiger partial charge in [0.15, 0.2) is 29.2 Å². The Balaban J connectivity index is 1.88. The Hall–Kier alpha value is -2.43. The van der Waals surface area contributed by atoms with Crippen molar-refractivity contribution < 1.29 is 23.0 Å². The number of halogens is 2. The third-order valence-corrected chi connectivity index (χ3v) is 3.02. The third-order valence-electron chi connectivity index (χ3n) is 3.02. The zero-order valence-electron chi connectivity index (χ0n) is 10.3. The molecule has 2 aromatic rings. The first kappa shape index (κ1) is 12.6. The molecule has 3 nitrogen and oxygen atoms in total. The first-order chi connectivity index (χ1) is 9.66. The molecule has 0 saturated carbocycles. The molecule has 1 heterocycles. The van der Waals surface area contributed by atoms with Gasteiger partial charge in [0.05, 0.1) is 5.56 Å². The molecule has 1 aliphatic heterocycles. The molecule has 0 N–H and O–H groups in total. The second-order valence-electron chi connectivity index (χ2n) is 4.33. The smallest absolute Gasteiger partial charge is 0.209 e. The second kappa shape index (κ2) is 4.92. The summed E-state index contributed by atoms with van der Waals surface area (Å²) in [7, 11) is 0. The minimum absolute atomic E-state index is 0.0359. The van der Waals surface area contributed by atoms with Crippen LogP contribution >= 0.6 is 0 Å². The molecule has 0 radical (unpaired) electrons. The lowest BCUT2D eigenvalue weighted by Crippen LogP contribution is -2.37. The molecule has 5 heteroatoms. The van der Waals surface area contributed by atoms with Crippen molar-refractivity contribution in [3.8, 4) is 11.5 Å². The predicted octanol–water partition coefficient (Wildman–Crippen LogP) is 2.99. The molecule has 0 saturated heterocycles. The SMILES string of the molecule is O=C(c1cccc(F)c1F)C1COc2ccccc2O1. The van der Waals surface area contributed by atoms with Gasteiger partial charge in [-0.05, 0) is 24.3 Å². The van der Waals surface area contributed by atoms with Crippen molar-refractivity contribution in [3.05, 3.63) is 59.7 Å². The van der Waals surface area contributed by atoms with Crippen LogP contribution in [0, 0.1) is 11.6 Å². The highest BCUT2D eigenvalue weighted by Crippen LogP contribution is 2.31. The molecule has 1 unspecified atom stereocenters. The Morgan fingerprint density at radius 2 is 1.80 bits per heavy atom. The number of rotatable bonds is 2. The summed E-state index contributed by atoms with van der Waals surface area (Å²) in [6.07, 6.45) is -0.985. The van der Waals surface area contributed by atoms with E-state index in [1.54, 1.807) is 24.3 Å². The monoisotopic (exact) mass is 276 g/mol. The fraction of sp³-hybridized carbons (Fsp3) is 0.133. The zero-order valence-corrected chi connectivity index (χ0v) is 10.3. The van der Waals surface area contributed by atoms with Crippen LogP contribution in [0.15, 0.2) is 42.5 Å². The van der Waals surface area contributed by atoms with Gasteiger partial charge >= 0.3 is 0 Å². The molecule has 0 bridgehead atoms. The van der Waals surface area contributed by atoms with Crippen molar-refractivity contribution in [2.45, 2.75) is 6.10 Å². The maximum atomic E-state index is 13.6. The molecule has 0 spiro atoms. The molecule has 2 aromatic carbocycles. The van der Waals surface area contributed by atoms with E-state index < -0.39 is 23.5 Å². The van der Waals surface area contributed by atoms with E-state index in [1.807, 2.05) is 0 Å². The topological polar surface area (TPSA) is 35.5 Å². The average Bonchev–Trinajstić information content (AvgIpc) is 2.49. The summed E-state index contributed by atoms with van der Waals surface area (Å²) in [5, 5.41) is 0. The summed E-state index contributed by atoms with van der Waals surface area (Å²) in [5.74, 6) is -1.94. The quantitative estimate of drug-likeness (QED) is 0.791. The van der Waals surface area contributed by atoms with Gasteiger partial charge in [-0.3, -0.25) is 4.79 Å². The summed E-state index contributed by atoms with van der Waals surface area (Å²) in [6.45, 7) is -0.0359. The summed E-state index contributed by atoms with van der Waals surface area (Å²) < 4.78 is 37.6. The minimum atomic E-state index is -1.17. The normalized spacial score (nSPS) is 16.8. The lowest BCUT2D eigenvalue weighted by atomic mass is 10.1. The van der Waals surface area contributed by atoms with E-state index in [4.69, 9.17) is 9.47 Å². The van der Waals surface area contributed by atoms with Crippen molar-refractivity contribution >= 4 is 5.78 Å². The first-order valence-electron chi connectivity index (χ1n) is 6.03. The van der Waals surface area contributed by atoms with Crippen molar-refractivity contribution in [1.82, 2.24) is 0 Å². The fourth-order valence-corrected chi connectivity index (χ4v) is 2.02. The highest BCUT2D eigenvalue weighted by Gasteiger charge is 2.30. The van der Waals surface area contributed by atoms with Gasteiger partial charge in [0.2, 0.25) is 5.78 Å². The summed E-state index contributed by atoms with van der Waals surface area (Å²) in [6, 6.07) is 10.3. The molecule has 1 aliphatic rings. The van der Waals surface area contributed by atoms with Gasteiger partial charge in [-0.1, -0.05) is 18.2 Å². The van der Waals surface area contributed by atoms with Gasteiger partial charge in [-0.25, -0.2) is 8.78 Å². The van der Waals surface area contributed by atoms with Crippen LogP contribution in [0.4, 0.5) is 8.78 Å². The number of fused-ring (bicyclic) bond motifs is 1. The summed E-state index contributed by atoms with van der Waals surface area (Å²) in [4.78, 5) is 12.2. The number of carbonyl (C=O) groups is 1. The molecule has 1 atom stereocenters. The van der Waals surface area contributed by atoms with E-state index in [2.05, 4.69) is 0 Å². The maximum Gasteiger partial charge on any atom is 0.209 e. The molecule has 102 valence electrons. The number of benzene rings is 2. The highest BCUT2D eigenvalue weighted by molar-refractivity contribution is 6.00. The minimum Gasteiger partial charge on any atom is -0.485 e. The van der Waals surface area contributed by atoms with E-state index in [9.17, 15) is 13.6 Å². The van der Waals surface area contributed by atoms with E-state index in [-0.39, 0.29) is 12.2 Å². The molecule has 0 aliphatic carbocycles. The maximum absolute atomic E-state index is 13.6. The van der Waals surface area contributed by atoms with Crippen LogP contribution in [0.3, 0.4) is 0 Å². The standard InChI is InChI=1S/C15H10F2O3/c16-10-5-3-4-9(14(10)17)15(18)13-8-19-11-6-1-2-7-12(11)20-13/h1-7,13H,8H2. The van der Waals surface area contributed by atoms with Crippen molar-refractivity contribution in [2.24, 2.45) is 0 Å². The fourth-order valence-electron chi connectivity index (χ4n) is 2.02. The van der Waals surface area contributed by atoms with E-state index in [0.717, 1.165) is 6.07 Å².